The molecule has 0 radical (unpaired) electrons. The van der Waals surface area contributed by atoms with Gasteiger partial charge in [0, 0.05) is 25.1 Å². The van der Waals surface area contributed by atoms with Gasteiger partial charge in [0.05, 0.1) is 17.3 Å². The standard InChI is InChI=1S/C21H19N7O2/c1-21(28-20(30)18(13-26-28)27-14-16(9-22)11-25-27)8-7-17(12-24-21)19(29)23-10-15-5-3-2-4-6-15/h2-8,11-14,24,26H,10H2,1H3,(H,23,29)/t21-/m0/s1. The molecular formula is C21H19N7O2. The Kier molecular flexibility index (Phi) is 4.82. The Morgan fingerprint density at radius 2 is 2.13 bits per heavy atom. The van der Waals surface area contributed by atoms with Gasteiger partial charge in [0.25, 0.3) is 11.5 Å². The number of aromatic nitrogens is 4. The topological polar surface area (TPSA) is 121 Å². The van der Waals surface area contributed by atoms with Crippen molar-refractivity contribution in [3.8, 4) is 11.8 Å². The van der Waals surface area contributed by atoms with E-state index in [0.717, 1.165) is 5.56 Å². The van der Waals surface area contributed by atoms with Gasteiger partial charge in [0.2, 0.25) is 0 Å². The minimum atomic E-state index is -0.899. The van der Waals surface area contributed by atoms with Gasteiger partial charge in [-0.05, 0) is 24.6 Å². The van der Waals surface area contributed by atoms with E-state index in [2.05, 4.69) is 20.8 Å². The molecule has 0 spiro atoms. The molecule has 0 saturated heterocycles. The van der Waals surface area contributed by atoms with Crippen molar-refractivity contribution >= 4 is 5.91 Å². The Hall–Kier alpha value is -4.32. The maximum Gasteiger partial charge on any atom is 0.294 e. The van der Waals surface area contributed by atoms with E-state index in [-0.39, 0.29) is 17.2 Å². The normalized spacial score (nSPS) is 17.7. The first kappa shape index (κ1) is 19.0. The van der Waals surface area contributed by atoms with Crippen molar-refractivity contribution < 1.29 is 4.79 Å². The average Bonchev–Trinajstić information content (AvgIpc) is 3.40. The van der Waals surface area contributed by atoms with E-state index in [1.807, 2.05) is 36.4 Å². The molecule has 3 heterocycles. The van der Waals surface area contributed by atoms with Crippen LogP contribution in [0.3, 0.4) is 0 Å². The zero-order chi connectivity index (χ0) is 21.1. The van der Waals surface area contributed by atoms with Crippen molar-refractivity contribution in [1.29, 1.82) is 5.26 Å². The van der Waals surface area contributed by atoms with Gasteiger partial charge in [-0.15, -0.1) is 0 Å². The molecule has 1 aliphatic rings. The monoisotopic (exact) mass is 401 g/mol. The summed E-state index contributed by atoms with van der Waals surface area (Å²) in [6.45, 7) is 2.22. The molecule has 150 valence electrons. The lowest BCUT2D eigenvalue weighted by Gasteiger charge is -2.30. The number of carbonyl (C=O) groups excluding carboxylic acids is 1. The van der Waals surface area contributed by atoms with Crippen LogP contribution in [0.5, 0.6) is 0 Å². The van der Waals surface area contributed by atoms with E-state index in [9.17, 15) is 9.59 Å². The molecular weight excluding hydrogens is 382 g/mol. The number of amides is 1. The van der Waals surface area contributed by atoms with Crippen molar-refractivity contribution in [2.24, 2.45) is 0 Å². The van der Waals surface area contributed by atoms with Crippen molar-refractivity contribution in [1.82, 2.24) is 30.2 Å². The third kappa shape index (κ3) is 3.54. The first-order chi connectivity index (χ1) is 14.5. The number of carbonyl (C=O) groups is 1. The number of aromatic amines is 1. The second-order valence-electron chi connectivity index (χ2n) is 6.98. The number of H-pyrrole nitrogens is 1. The molecule has 1 amide bonds. The predicted octanol–water partition coefficient (Wildman–Crippen LogP) is 1.27. The molecule has 2 aromatic heterocycles. The number of dihydropyridines is 1. The molecule has 9 nitrogen and oxygen atoms in total. The van der Waals surface area contributed by atoms with Crippen LogP contribution in [-0.2, 0) is 17.0 Å². The third-order valence-electron chi connectivity index (χ3n) is 4.84. The summed E-state index contributed by atoms with van der Waals surface area (Å²) in [7, 11) is 0. The number of nitrogens with zero attached hydrogens (tertiary/aromatic N) is 4. The molecule has 0 bridgehead atoms. The van der Waals surface area contributed by atoms with Crippen LogP contribution < -0.4 is 16.2 Å². The first-order valence-electron chi connectivity index (χ1n) is 9.25. The predicted molar refractivity (Wildman–Crippen MR) is 109 cm³/mol. The fourth-order valence-electron chi connectivity index (χ4n) is 3.11. The summed E-state index contributed by atoms with van der Waals surface area (Å²) < 4.78 is 2.74. The fourth-order valence-corrected chi connectivity index (χ4v) is 3.11. The number of nitrogens with one attached hydrogen (secondary N) is 3. The molecule has 4 rings (SSSR count). The highest BCUT2D eigenvalue weighted by atomic mass is 16.2. The SMILES string of the molecule is C[C@]1(n2[nH]cc(-n3cc(C#N)cn3)c2=O)C=CC(C(=O)NCc2ccccc2)=CN1. The first-order valence-corrected chi connectivity index (χ1v) is 9.25. The average molecular weight is 401 g/mol. The second-order valence-corrected chi connectivity index (χ2v) is 6.98. The van der Waals surface area contributed by atoms with Crippen molar-refractivity contribution in [3.05, 3.63) is 94.3 Å². The van der Waals surface area contributed by atoms with Crippen molar-refractivity contribution in [3.63, 3.8) is 0 Å². The minimum Gasteiger partial charge on any atom is -0.364 e. The van der Waals surface area contributed by atoms with E-state index < -0.39 is 5.66 Å². The zero-order valence-corrected chi connectivity index (χ0v) is 16.2. The molecule has 0 fully saturated rings. The number of rotatable bonds is 5. The van der Waals surface area contributed by atoms with Crippen molar-refractivity contribution in [2.45, 2.75) is 19.1 Å². The van der Waals surface area contributed by atoms with Crippen LogP contribution in [0.1, 0.15) is 18.1 Å². The summed E-state index contributed by atoms with van der Waals surface area (Å²) in [5.74, 6) is -0.218. The Bertz CT molecular complexity index is 1240. The molecule has 3 aromatic rings. The number of hydrogen-bond donors (Lipinski definition) is 3. The van der Waals surface area contributed by atoms with E-state index >= 15 is 0 Å². The van der Waals surface area contributed by atoms with E-state index in [0.29, 0.717) is 17.7 Å². The summed E-state index contributed by atoms with van der Waals surface area (Å²) in [6.07, 6.45) is 9.37. The van der Waals surface area contributed by atoms with Gasteiger partial charge in [-0.25, -0.2) is 9.36 Å². The minimum absolute atomic E-state index is 0.218. The Balaban J connectivity index is 1.48. The Labute approximate surface area is 171 Å². The van der Waals surface area contributed by atoms with Gasteiger partial charge in [0.1, 0.15) is 17.4 Å². The molecule has 1 aliphatic heterocycles. The van der Waals surface area contributed by atoms with Crippen LogP contribution in [-0.4, -0.2) is 25.5 Å². The highest BCUT2D eigenvalue weighted by Gasteiger charge is 2.29. The van der Waals surface area contributed by atoms with Crippen LogP contribution in [0.15, 0.2) is 77.6 Å². The maximum atomic E-state index is 12.9. The van der Waals surface area contributed by atoms with Crippen LogP contribution in [0.25, 0.3) is 5.69 Å². The lowest BCUT2D eigenvalue weighted by molar-refractivity contribution is -0.117. The van der Waals surface area contributed by atoms with Gasteiger partial charge >= 0.3 is 0 Å². The smallest absolute Gasteiger partial charge is 0.294 e. The summed E-state index contributed by atoms with van der Waals surface area (Å²) >= 11 is 0. The Morgan fingerprint density at radius 3 is 2.80 bits per heavy atom. The Morgan fingerprint density at radius 1 is 1.33 bits per heavy atom. The highest BCUT2D eigenvalue weighted by Crippen LogP contribution is 2.18. The number of nitriles is 1. The maximum absolute atomic E-state index is 12.9. The van der Waals surface area contributed by atoms with Gasteiger partial charge in [0.15, 0.2) is 0 Å². The van der Waals surface area contributed by atoms with Crippen LogP contribution in [0.4, 0.5) is 0 Å². The summed E-state index contributed by atoms with van der Waals surface area (Å²) in [4.78, 5) is 25.3. The molecule has 3 N–H and O–H groups in total. The molecule has 0 unspecified atom stereocenters. The summed E-state index contributed by atoms with van der Waals surface area (Å²) in [5.41, 5.74) is 0.875. The molecule has 30 heavy (non-hydrogen) atoms. The number of hydrogen-bond acceptors (Lipinski definition) is 5. The van der Waals surface area contributed by atoms with E-state index in [4.69, 9.17) is 5.26 Å². The molecule has 1 aromatic carbocycles. The van der Waals surface area contributed by atoms with Gasteiger partial charge in [-0.3, -0.25) is 14.7 Å². The molecule has 1 atom stereocenters. The van der Waals surface area contributed by atoms with Crippen LogP contribution in [0, 0.1) is 11.3 Å². The lowest BCUT2D eigenvalue weighted by Crippen LogP contribution is -2.48. The third-order valence-corrected chi connectivity index (χ3v) is 4.84. The second kappa shape index (κ2) is 7.60. The molecule has 9 heteroatoms. The lowest BCUT2D eigenvalue weighted by atomic mass is 10.1. The summed E-state index contributed by atoms with van der Waals surface area (Å²) in [5, 5.41) is 21.9. The fraction of sp³-hybridized carbons (Fsp3) is 0.143. The molecule has 0 aliphatic carbocycles. The van der Waals surface area contributed by atoms with Crippen LogP contribution in [0.2, 0.25) is 0 Å². The summed E-state index contributed by atoms with van der Waals surface area (Å²) in [6, 6.07) is 11.6. The largest absolute Gasteiger partial charge is 0.364 e. The van der Waals surface area contributed by atoms with Gasteiger partial charge < -0.3 is 10.6 Å². The quantitative estimate of drug-likeness (QED) is 0.595. The zero-order valence-electron chi connectivity index (χ0n) is 16.2. The van der Waals surface area contributed by atoms with E-state index in [1.54, 1.807) is 25.3 Å². The van der Waals surface area contributed by atoms with E-state index in [1.165, 1.54) is 28.0 Å². The number of benzene rings is 1. The van der Waals surface area contributed by atoms with Crippen molar-refractivity contribution in [2.75, 3.05) is 0 Å². The highest BCUT2D eigenvalue weighted by molar-refractivity contribution is 5.96. The van der Waals surface area contributed by atoms with Gasteiger partial charge in [-0.1, -0.05) is 30.3 Å². The molecule has 0 saturated carbocycles. The van der Waals surface area contributed by atoms with Gasteiger partial charge in [-0.2, -0.15) is 10.4 Å². The van der Waals surface area contributed by atoms with Crippen LogP contribution >= 0.6 is 0 Å².